The lowest BCUT2D eigenvalue weighted by Crippen LogP contribution is -2.35. The minimum Gasteiger partial charge on any atom is -0.497 e. The van der Waals surface area contributed by atoms with E-state index in [1.165, 1.54) is 5.56 Å². The van der Waals surface area contributed by atoms with Gasteiger partial charge in [-0.25, -0.2) is 13.1 Å². The van der Waals surface area contributed by atoms with Crippen LogP contribution in [0.4, 0.5) is 0 Å². The third kappa shape index (κ3) is 3.42. The Morgan fingerprint density at radius 3 is 2.43 bits per heavy atom. The van der Waals surface area contributed by atoms with E-state index in [2.05, 4.69) is 30.5 Å². The van der Waals surface area contributed by atoms with Gasteiger partial charge in [0.05, 0.1) is 12.0 Å². The largest absolute Gasteiger partial charge is 0.497 e. The molecular formula is C22H26N2O3S. The molecule has 1 unspecified atom stereocenters. The summed E-state index contributed by atoms with van der Waals surface area (Å²) in [6, 6.07) is 13.0. The van der Waals surface area contributed by atoms with Gasteiger partial charge in [-0.3, -0.25) is 0 Å². The second kappa shape index (κ2) is 6.64. The SMILES string of the molecule is COc1ccc2[nH]c3c(c2c1)CC(NS(=O)(=O)c1ccc(C(C)(C)C)cc1)C3. The topological polar surface area (TPSA) is 71.2 Å². The molecule has 1 aliphatic rings. The van der Waals surface area contributed by atoms with Crippen LogP contribution in [0.25, 0.3) is 10.9 Å². The highest BCUT2D eigenvalue weighted by Crippen LogP contribution is 2.33. The molecule has 4 rings (SSSR count). The average molecular weight is 399 g/mol. The highest BCUT2D eigenvalue weighted by Gasteiger charge is 2.29. The summed E-state index contributed by atoms with van der Waals surface area (Å²) in [4.78, 5) is 3.72. The minimum absolute atomic E-state index is 0.00792. The van der Waals surface area contributed by atoms with Gasteiger partial charge in [-0.15, -0.1) is 0 Å². The fourth-order valence-electron chi connectivity index (χ4n) is 3.89. The van der Waals surface area contributed by atoms with Gasteiger partial charge >= 0.3 is 0 Å². The number of methoxy groups -OCH3 is 1. The Hall–Kier alpha value is -2.31. The Kier molecular flexibility index (Phi) is 4.51. The maximum Gasteiger partial charge on any atom is 0.240 e. The molecule has 28 heavy (non-hydrogen) atoms. The number of benzene rings is 2. The number of sulfonamides is 1. The van der Waals surface area contributed by atoms with Gasteiger partial charge in [0.1, 0.15) is 5.75 Å². The number of aromatic amines is 1. The highest BCUT2D eigenvalue weighted by molar-refractivity contribution is 7.89. The lowest BCUT2D eigenvalue weighted by Gasteiger charge is -2.19. The molecule has 1 aromatic heterocycles. The van der Waals surface area contributed by atoms with Crippen LogP contribution in [0.2, 0.25) is 0 Å². The third-order valence-corrected chi connectivity index (χ3v) is 6.99. The van der Waals surface area contributed by atoms with Crippen molar-refractivity contribution in [3.05, 3.63) is 59.3 Å². The molecule has 6 heteroatoms. The molecule has 1 atom stereocenters. The van der Waals surface area contributed by atoms with Crippen molar-refractivity contribution in [2.24, 2.45) is 0 Å². The lowest BCUT2D eigenvalue weighted by atomic mass is 9.87. The Bertz CT molecular complexity index is 1120. The average Bonchev–Trinajstić information content (AvgIpc) is 3.17. The molecule has 0 bridgehead atoms. The zero-order valence-corrected chi connectivity index (χ0v) is 17.5. The number of nitrogens with one attached hydrogen (secondary N) is 2. The van der Waals surface area contributed by atoms with Crippen molar-refractivity contribution in [2.75, 3.05) is 7.11 Å². The Labute approximate surface area is 166 Å². The van der Waals surface area contributed by atoms with E-state index in [0.29, 0.717) is 17.7 Å². The second-order valence-electron chi connectivity index (χ2n) is 8.49. The molecule has 0 fully saturated rings. The first-order valence-electron chi connectivity index (χ1n) is 9.48. The number of aromatic nitrogens is 1. The van der Waals surface area contributed by atoms with Gasteiger partial charge in [0.25, 0.3) is 0 Å². The van der Waals surface area contributed by atoms with Gasteiger partial charge < -0.3 is 9.72 Å². The van der Waals surface area contributed by atoms with Gasteiger partial charge in [0.15, 0.2) is 0 Å². The quantitative estimate of drug-likeness (QED) is 0.700. The fraction of sp³-hybridized carbons (Fsp3) is 0.364. The number of hydrogen-bond donors (Lipinski definition) is 2. The lowest BCUT2D eigenvalue weighted by molar-refractivity contribution is 0.415. The first kappa shape index (κ1) is 19.0. The zero-order valence-electron chi connectivity index (χ0n) is 16.7. The predicted octanol–water partition coefficient (Wildman–Crippen LogP) is 3.92. The van der Waals surface area contributed by atoms with E-state index in [9.17, 15) is 8.42 Å². The molecule has 5 nitrogen and oxygen atoms in total. The van der Waals surface area contributed by atoms with E-state index in [0.717, 1.165) is 27.9 Å². The van der Waals surface area contributed by atoms with E-state index < -0.39 is 10.0 Å². The van der Waals surface area contributed by atoms with E-state index >= 15 is 0 Å². The number of hydrogen-bond acceptors (Lipinski definition) is 3. The van der Waals surface area contributed by atoms with Gasteiger partial charge in [0.2, 0.25) is 10.0 Å². The zero-order chi connectivity index (χ0) is 20.1. The van der Waals surface area contributed by atoms with Crippen molar-refractivity contribution in [1.29, 1.82) is 0 Å². The second-order valence-corrected chi connectivity index (χ2v) is 10.2. The third-order valence-electron chi connectivity index (χ3n) is 5.46. The van der Waals surface area contributed by atoms with Crippen LogP contribution >= 0.6 is 0 Å². The first-order chi connectivity index (χ1) is 13.2. The van der Waals surface area contributed by atoms with Crippen molar-refractivity contribution < 1.29 is 13.2 Å². The van der Waals surface area contributed by atoms with Crippen LogP contribution in [-0.2, 0) is 28.3 Å². The molecule has 2 aromatic carbocycles. The molecule has 0 saturated heterocycles. The summed E-state index contributed by atoms with van der Waals surface area (Å²) >= 11 is 0. The smallest absolute Gasteiger partial charge is 0.240 e. The van der Waals surface area contributed by atoms with Gasteiger partial charge in [-0.05, 0) is 53.3 Å². The van der Waals surface area contributed by atoms with Crippen molar-refractivity contribution in [2.45, 2.75) is 50.0 Å². The normalized spacial score (nSPS) is 17.1. The van der Waals surface area contributed by atoms with Gasteiger partial charge in [0, 0.05) is 29.1 Å². The molecule has 0 spiro atoms. The molecule has 0 amide bonds. The van der Waals surface area contributed by atoms with Crippen molar-refractivity contribution >= 4 is 20.9 Å². The van der Waals surface area contributed by atoms with E-state index in [4.69, 9.17) is 4.74 Å². The van der Waals surface area contributed by atoms with E-state index in [1.807, 2.05) is 30.3 Å². The van der Waals surface area contributed by atoms with E-state index in [1.54, 1.807) is 19.2 Å². The molecular weight excluding hydrogens is 372 g/mol. The van der Waals surface area contributed by atoms with Gasteiger partial charge in [-0.2, -0.15) is 0 Å². The van der Waals surface area contributed by atoms with Crippen LogP contribution in [0.1, 0.15) is 37.6 Å². The van der Waals surface area contributed by atoms with Crippen molar-refractivity contribution in [1.82, 2.24) is 9.71 Å². The molecule has 1 heterocycles. The molecule has 0 aliphatic heterocycles. The number of fused-ring (bicyclic) bond motifs is 3. The Morgan fingerprint density at radius 1 is 1.07 bits per heavy atom. The van der Waals surface area contributed by atoms with Crippen molar-refractivity contribution in [3.63, 3.8) is 0 Å². The number of rotatable bonds is 4. The summed E-state index contributed by atoms with van der Waals surface area (Å²) in [5, 5.41) is 1.10. The summed E-state index contributed by atoms with van der Waals surface area (Å²) in [7, 11) is -1.91. The van der Waals surface area contributed by atoms with E-state index in [-0.39, 0.29) is 11.5 Å². The molecule has 0 radical (unpaired) electrons. The summed E-state index contributed by atoms with van der Waals surface area (Å²) in [6.07, 6.45) is 1.33. The van der Waals surface area contributed by atoms with Crippen LogP contribution in [0.3, 0.4) is 0 Å². The fourth-order valence-corrected chi connectivity index (χ4v) is 5.12. The number of ether oxygens (including phenoxy) is 1. The molecule has 0 saturated carbocycles. The van der Waals surface area contributed by atoms with Gasteiger partial charge in [-0.1, -0.05) is 32.9 Å². The van der Waals surface area contributed by atoms with Crippen LogP contribution in [0.5, 0.6) is 5.75 Å². The van der Waals surface area contributed by atoms with Crippen LogP contribution in [0, 0.1) is 0 Å². The summed E-state index contributed by atoms with van der Waals surface area (Å²) < 4.78 is 33.9. The highest BCUT2D eigenvalue weighted by atomic mass is 32.2. The maximum atomic E-state index is 12.8. The van der Waals surface area contributed by atoms with Crippen molar-refractivity contribution in [3.8, 4) is 5.75 Å². The monoisotopic (exact) mass is 398 g/mol. The maximum absolute atomic E-state index is 12.8. The summed E-state index contributed by atoms with van der Waals surface area (Å²) in [5.74, 6) is 0.803. The van der Waals surface area contributed by atoms with Crippen LogP contribution in [-0.4, -0.2) is 26.6 Å². The first-order valence-corrected chi connectivity index (χ1v) is 11.0. The predicted molar refractivity (Wildman–Crippen MR) is 112 cm³/mol. The molecule has 3 aromatic rings. The van der Waals surface area contributed by atoms with Crippen LogP contribution in [0.15, 0.2) is 47.4 Å². The molecule has 1 aliphatic carbocycles. The minimum atomic E-state index is -3.56. The Balaban J connectivity index is 1.54. The molecule has 2 N–H and O–H groups in total. The molecule has 148 valence electrons. The number of H-pyrrole nitrogens is 1. The van der Waals surface area contributed by atoms with Crippen LogP contribution < -0.4 is 9.46 Å². The Morgan fingerprint density at radius 2 is 1.79 bits per heavy atom. The standard InChI is InChI=1S/C22H26N2O3S/c1-22(2,3)14-5-8-17(9-6-14)28(25,26)24-15-11-18-19-13-16(27-4)7-10-20(19)23-21(18)12-15/h5-10,13,15,23-24H,11-12H2,1-4H3. The summed E-state index contributed by atoms with van der Waals surface area (Å²) in [5.41, 5.74) is 4.43. The summed E-state index contributed by atoms with van der Waals surface area (Å²) in [6.45, 7) is 6.33.